The molecular formula is C13H25NO3. The van der Waals surface area contributed by atoms with E-state index in [4.69, 9.17) is 4.74 Å². The lowest BCUT2D eigenvalue weighted by atomic mass is 10.1. The number of Topliss-reactive ketones (excluding diaryl/α,β-unsaturated/α-hetero) is 1. The molecule has 4 heteroatoms. The lowest BCUT2D eigenvalue weighted by Crippen LogP contribution is -2.42. The van der Waals surface area contributed by atoms with Crippen molar-refractivity contribution in [2.24, 2.45) is 0 Å². The van der Waals surface area contributed by atoms with Gasteiger partial charge in [0, 0.05) is 6.54 Å². The van der Waals surface area contributed by atoms with E-state index in [9.17, 15) is 9.59 Å². The van der Waals surface area contributed by atoms with E-state index in [1.54, 1.807) is 0 Å². The number of carbonyl (C=O) groups is 2. The van der Waals surface area contributed by atoms with Gasteiger partial charge in [0.1, 0.15) is 5.60 Å². The largest absolute Gasteiger partial charge is 0.444 e. The number of amides is 1. The Labute approximate surface area is 104 Å². The maximum atomic E-state index is 11.7. The SMILES string of the molecule is CC.CC(=O)[C@@H]1CCCN1C(=O)OC(C)(C)C. The second kappa shape index (κ2) is 6.62. The minimum Gasteiger partial charge on any atom is -0.444 e. The quantitative estimate of drug-likeness (QED) is 0.711. The fraction of sp³-hybridized carbons (Fsp3) is 0.846. The molecule has 0 saturated carbocycles. The minimum absolute atomic E-state index is 0.0401. The Hall–Kier alpha value is -1.06. The number of nitrogens with zero attached hydrogens (tertiary/aromatic N) is 1. The van der Waals surface area contributed by atoms with Gasteiger partial charge >= 0.3 is 6.09 Å². The number of ether oxygens (including phenoxy) is 1. The Kier molecular flexibility index (Phi) is 6.21. The van der Waals surface area contributed by atoms with Crippen molar-refractivity contribution in [2.75, 3.05) is 6.54 Å². The summed E-state index contributed by atoms with van der Waals surface area (Å²) in [5.74, 6) is 0.0401. The van der Waals surface area contributed by atoms with E-state index >= 15 is 0 Å². The highest BCUT2D eigenvalue weighted by molar-refractivity contribution is 5.86. The number of ketones is 1. The van der Waals surface area contributed by atoms with Gasteiger partial charge in [0.15, 0.2) is 5.78 Å². The summed E-state index contributed by atoms with van der Waals surface area (Å²) in [6, 6.07) is -0.278. The van der Waals surface area contributed by atoms with Crippen LogP contribution in [0.5, 0.6) is 0 Å². The first-order chi connectivity index (χ1) is 7.81. The predicted molar refractivity (Wildman–Crippen MR) is 68.0 cm³/mol. The molecule has 100 valence electrons. The highest BCUT2D eigenvalue weighted by atomic mass is 16.6. The van der Waals surface area contributed by atoms with Gasteiger partial charge in [0.25, 0.3) is 0 Å². The molecule has 17 heavy (non-hydrogen) atoms. The topological polar surface area (TPSA) is 46.6 Å². The molecular weight excluding hydrogens is 218 g/mol. The second-order valence-electron chi connectivity index (χ2n) is 4.94. The van der Waals surface area contributed by atoms with Crippen LogP contribution in [0.4, 0.5) is 4.79 Å². The lowest BCUT2D eigenvalue weighted by molar-refractivity contribution is -0.121. The molecule has 1 aliphatic rings. The van der Waals surface area contributed by atoms with Crippen molar-refractivity contribution in [3.8, 4) is 0 Å². The molecule has 0 unspecified atom stereocenters. The summed E-state index contributed by atoms with van der Waals surface area (Å²) in [6.07, 6.45) is 1.26. The first kappa shape index (κ1) is 15.9. The van der Waals surface area contributed by atoms with E-state index in [-0.39, 0.29) is 17.9 Å². The van der Waals surface area contributed by atoms with Crippen molar-refractivity contribution < 1.29 is 14.3 Å². The molecule has 1 atom stereocenters. The highest BCUT2D eigenvalue weighted by Crippen LogP contribution is 2.21. The maximum Gasteiger partial charge on any atom is 0.410 e. The van der Waals surface area contributed by atoms with E-state index in [0.29, 0.717) is 6.54 Å². The van der Waals surface area contributed by atoms with Gasteiger partial charge in [-0.2, -0.15) is 0 Å². The van der Waals surface area contributed by atoms with E-state index in [1.165, 1.54) is 11.8 Å². The van der Waals surface area contributed by atoms with Crippen molar-refractivity contribution in [2.45, 2.75) is 66.0 Å². The van der Waals surface area contributed by atoms with Crippen molar-refractivity contribution in [3.63, 3.8) is 0 Å². The van der Waals surface area contributed by atoms with Crippen LogP contribution in [0.15, 0.2) is 0 Å². The smallest absolute Gasteiger partial charge is 0.410 e. The van der Waals surface area contributed by atoms with Gasteiger partial charge in [0.05, 0.1) is 6.04 Å². The number of hydrogen-bond acceptors (Lipinski definition) is 3. The molecule has 0 spiro atoms. The van der Waals surface area contributed by atoms with Crippen LogP contribution in [0.3, 0.4) is 0 Å². The van der Waals surface area contributed by atoms with E-state index in [2.05, 4.69) is 0 Å². The highest BCUT2D eigenvalue weighted by Gasteiger charge is 2.34. The number of likely N-dealkylation sites (tertiary alicyclic amines) is 1. The molecule has 1 aliphatic heterocycles. The Morgan fingerprint density at radius 3 is 2.18 bits per heavy atom. The fourth-order valence-electron chi connectivity index (χ4n) is 1.73. The molecule has 0 aliphatic carbocycles. The Morgan fingerprint density at radius 2 is 1.76 bits per heavy atom. The third-order valence-electron chi connectivity index (χ3n) is 2.35. The van der Waals surface area contributed by atoms with E-state index in [1.807, 2.05) is 34.6 Å². The van der Waals surface area contributed by atoms with Crippen LogP contribution in [0.1, 0.15) is 54.4 Å². The normalized spacial score (nSPS) is 19.4. The van der Waals surface area contributed by atoms with Crippen LogP contribution in [0.2, 0.25) is 0 Å². The van der Waals surface area contributed by atoms with Crippen LogP contribution < -0.4 is 0 Å². The zero-order valence-corrected chi connectivity index (χ0v) is 11.9. The van der Waals surface area contributed by atoms with Crippen molar-refractivity contribution >= 4 is 11.9 Å². The fourth-order valence-corrected chi connectivity index (χ4v) is 1.73. The summed E-state index contributed by atoms with van der Waals surface area (Å²) in [6.45, 7) is 11.6. The summed E-state index contributed by atoms with van der Waals surface area (Å²) in [7, 11) is 0. The average Bonchev–Trinajstić information content (AvgIpc) is 2.66. The number of hydrogen-bond donors (Lipinski definition) is 0. The van der Waals surface area contributed by atoms with Crippen molar-refractivity contribution in [3.05, 3.63) is 0 Å². The molecule has 0 N–H and O–H groups in total. The third kappa shape index (κ3) is 5.20. The Morgan fingerprint density at radius 1 is 1.24 bits per heavy atom. The van der Waals surface area contributed by atoms with Crippen LogP contribution in [0.25, 0.3) is 0 Å². The minimum atomic E-state index is -0.499. The summed E-state index contributed by atoms with van der Waals surface area (Å²) in [4.78, 5) is 24.5. The Balaban J connectivity index is 0.00000121. The van der Waals surface area contributed by atoms with E-state index < -0.39 is 5.60 Å². The van der Waals surface area contributed by atoms with Crippen molar-refractivity contribution in [1.82, 2.24) is 4.90 Å². The van der Waals surface area contributed by atoms with Gasteiger partial charge in [-0.25, -0.2) is 4.79 Å². The molecule has 4 nitrogen and oxygen atoms in total. The van der Waals surface area contributed by atoms with Crippen LogP contribution in [-0.2, 0) is 9.53 Å². The first-order valence-electron chi connectivity index (χ1n) is 6.31. The third-order valence-corrected chi connectivity index (χ3v) is 2.35. The van der Waals surface area contributed by atoms with Crippen LogP contribution in [0, 0.1) is 0 Å². The standard InChI is InChI=1S/C11H19NO3.C2H6/c1-8(13)9-6-5-7-12(9)10(14)15-11(2,3)4;1-2/h9H,5-7H2,1-4H3;1-2H3/t9-;/m0./s1. The predicted octanol–water partition coefficient (Wildman–Crippen LogP) is 3.00. The lowest BCUT2D eigenvalue weighted by Gasteiger charge is -2.27. The maximum absolute atomic E-state index is 11.7. The van der Waals surface area contributed by atoms with E-state index in [0.717, 1.165) is 12.8 Å². The van der Waals surface area contributed by atoms with Gasteiger partial charge in [-0.3, -0.25) is 9.69 Å². The molecule has 1 rings (SSSR count). The van der Waals surface area contributed by atoms with Crippen LogP contribution in [-0.4, -0.2) is 35.0 Å². The number of rotatable bonds is 1. The van der Waals surface area contributed by atoms with Gasteiger partial charge in [-0.05, 0) is 40.5 Å². The molecule has 0 aromatic heterocycles. The summed E-state index contributed by atoms with van der Waals surface area (Å²) < 4.78 is 5.24. The molecule has 0 aromatic rings. The molecule has 1 heterocycles. The second-order valence-corrected chi connectivity index (χ2v) is 4.94. The molecule has 0 radical (unpaired) electrons. The zero-order chi connectivity index (χ0) is 13.6. The van der Waals surface area contributed by atoms with Crippen molar-refractivity contribution in [1.29, 1.82) is 0 Å². The first-order valence-corrected chi connectivity index (χ1v) is 6.31. The van der Waals surface area contributed by atoms with Gasteiger partial charge in [0.2, 0.25) is 0 Å². The molecule has 0 bridgehead atoms. The molecule has 0 aromatic carbocycles. The van der Waals surface area contributed by atoms with Crippen LogP contribution >= 0.6 is 0 Å². The molecule has 1 fully saturated rings. The number of carbonyl (C=O) groups excluding carboxylic acids is 2. The monoisotopic (exact) mass is 243 g/mol. The summed E-state index contributed by atoms with van der Waals surface area (Å²) in [5.41, 5.74) is -0.499. The summed E-state index contributed by atoms with van der Waals surface area (Å²) in [5, 5.41) is 0. The summed E-state index contributed by atoms with van der Waals surface area (Å²) >= 11 is 0. The molecule has 1 saturated heterocycles. The van der Waals surface area contributed by atoms with Gasteiger partial charge < -0.3 is 4.74 Å². The van der Waals surface area contributed by atoms with Gasteiger partial charge in [-0.15, -0.1) is 0 Å². The Bertz CT molecular complexity index is 268. The van der Waals surface area contributed by atoms with Gasteiger partial charge in [-0.1, -0.05) is 13.8 Å². The zero-order valence-electron chi connectivity index (χ0n) is 11.9. The molecule has 1 amide bonds. The average molecular weight is 243 g/mol.